The van der Waals surface area contributed by atoms with Crippen molar-refractivity contribution in [2.24, 2.45) is 5.92 Å². The molecule has 2 atom stereocenters. The van der Waals surface area contributed by atoms with E-state index >= 15 is 0 Å². The summed E-state index contributed by atoms with van der Waals surface area (Å²) in [5, 5.41) is 3.13. The lowest BCUT2D eigenvalue weighted by Crippen LogP contribution is -2.27. The molecule has 0 aliphatic carbocycles. The van der Waals surface area contributed by atoms with Crippen molar-refractivity contribution in [2.45, 2.75) is 181 Å². The molecule has 0 aromatic rings. The van der Waals surface area contributed by atoms with E-state index in [-0.39, 0.29) is 24.6 Å². The Kier molecular flexibility index (Phi) is 35.1. The molecule has 49 heavy (non-hydrogen) atoms. The molecule has 0 radical (unpaired) electrons. The number of carbonyl (C=O) groups excluding carboxylic acids is 3. The number of allylic oxidation sites excluding steroid dienone is 3. The van der Waals surface area contributed by atoms with Crippen molar-refractivity contribution in [3.8, 4) is 0 Å². The van der Waals surface area contributed by atoms with Gasteiger partial charge in [0.15, 0.2) is 0 Å². The van der Waals surface area contributed by atoms with Gasteiger partial charge in [0.1, 0.15) is 19.3 Å². The Balaban J connectivity index is 4.18. The van der Waals surface area contributed by atoms with Crippen LogP contribution in [-0.2, 0) is 28.5 Å². The van der Waals surface area contributed by atoms with Crippen molar-refractivity contribution in [2.75, 3.05) is 32.9 Å². The van der Waals surface area contributed by atoms with Crippen LogP contribution in [0.2, 0.25) is 0 Å². The van der Waals surface area contributed by atoms with Crippen LogP contribution in [0.15, 0.2) is 24.3 Å². The van der Waals surface area contributed by atoms with Crippen LogP contribution in [0, 0.1) is 5.92 Å². The van der Waals surface area contributed by atoms with E-state index in [1.165, 1.54) is 38.5 Å². The first kappa shape index (κ1) is 46.6. The summed E-state index contributed by atoms with van der Waals surface area (Å²) in [4.78, 5) is 36.4. The molecule has 8 nitrogen and oxygen atoms in total. The first-order valence-corrected chi connectivity index (χ1v) is 20.1. The van der Waals surface area contributed by atoms with Crippen molar-refractivity contribution in [3.63, 3.8) is 0 Å². The van der Waals surface area contributed by atoms with Crippen LogP contribution in [0.5, 0.6) is 0 Å². The van der Waals surface area contributed by atoms with Crippen LogP contribution < -0.4 is 5.32 Å². The van der Waals surface area contributed by atoms with E-state index in [0.717, 1.165) is 89.9 Å². The van der Waals surface area contributed by atoms with Gasteiger partial charge in [-0.2, -0.15) is 0 Å². The SMILES string of the molecule is CC/C=C/CCC(CCCC)COC(=O)CCCCC/C=C/CC(CCCCCC)OC(=O)OCCNCCOC(=O)CCCCCCC. The molecule has 0 spiro atoms. The van der Waals surface area contributed by atoms with Crippen LogP contribution in [0.3, 0.4) is 0 Å². The fourth-order valence-corrected chi connectivity index (χ4v) is 5.48. The Labute approximate surface area is 300 Å². The van der Waals surface area contributed by atoms with E-state index < -0.39 is 6.16 Å². The summed E-state index contributed by atoms with van der Waals surface area (Å²) in [5.74, 6) is 0.232. The number of esters is 2. The third-order valence-electron chi connectivity index (χ3n) is 8.57. The van der Waals surface area contributed by atoms with Gasteiger partial charge in [-0.1, -0.05) is 116 Å². The van der Waals surface area contributed by atoms with Crippen molar-refractivity contribution in [1.29, 1.82) is 0 Å². The van der Waals surface area contributed by atoms with E-state index in [1.54, 1.807) is 0 Å². The Morgan fingerprint density at radius 1 is 0.571 bits per heavy atom. The molecule has 0 aromatic carbocycles. The van der Waals surface area contributed by atoms with Gasteiger partial charge in [-0.05, 0) is 70.1 Å². The lowest BCUT2D eigenvalue weighted by atomic mass is 9.97. The smallest absolute Gasteiger partial charge is 0.465 e. The van der Waals surface area contributed by atoms with Crippen LogP contribution >= 0.6 is 0 Å². The van der Waals surface area contributed by atoms with E-state index in [0.29, 0.717) is 51.5 Å². The number of carbonyl (C=O) groups is 3. The summed E-state index contributed by atoms with van der Waals surface area (Å²) < 4.78 is 21.8. The molecule has 0 heterocycles. The average Bonchev–Trinajstić information content (AvgIpc) is 3.09. The fourth-order valence-electron chi connectivity index (χ4n) is 5.48. The number of ether oxygens (including phenoxy) is 4. The number of nitrogens with one attached hydrogen (secondary N) is 1. The first-order valence-electron chi connectivity index (χ1n) is 20.1. The molecule has 0 saturated heterocycles. The fraction of sp³-hybridized carbons (Fsp3) is 0.829. The maximum absolute atomic E-state index is 12.3. The van der Waals surface area contributed by atoms with Crippen molar-refractivity contribution >= 4 is 18.1 Å². The minimum atomic E-state index is -0.637. The van der Waals surface area contributed by atoms with Gasteiger partial charge in [0.05, 0.1) is 6.61 Å². The Bertz CT molecular complexity index is 829. The number of rotatable bonds is 35. The molecular formula is C41H75NO7. The molecule has 0 aliphatic rings. The largest absolute Gasteiger partial charge is 0.508 e. The van der Waals surface area contributed by atoms with Gasteiger partial charge >= 0.3 is 18.1 Å². The predicted octanol–water partition coefficient (Wildman–Crippen LogP) is 11.0. The first-order chi connectivity index (χ1) is 24.0. The minimum absolute atomic E-state index is 0.0730. The third-order valence-corrected chi connectivity index (χ3v) is 8.57. The van der Waals surface area contributed by atoms with Crippen molar-refractivity contribution < 1.29 is 33.3 Å². The zero-order chi connectivity index (χ0) is 36.0. The molecule has 0 aliphatic heterocycles. The molecule has 286 valence electrons. The number of unbranched alkanes of at least 4 members (excludes halogenated alkanes) is 11. The second-order valence-corrected chi connectivity index (χ2v) is 13.3. The van der Waals surface area contributed by atoms with Gasteiger partial charge in [-0.25, -0.2) is 4.79 Å². The van der Waals surface area contributed by atoms with E-state index in [1.807, 2.05) is 0 Å². The highest BCUT2D eigenvalue weighted by molar-refractivity contribution is 5.69. The normalized spacial score (nSPS) is 12.7. The molecule has 0 rings (SSSR count). The standard InChI is InChI=1S/C41H75NO7/c1-5-9-13-18-24-30-39(43)46-34-32-42-33-35-47-41(45)49-38(28-22-15-11-7-3)29-23-19-16-17-20-25-31-40(44)48-36-37(26-12-8-4)27-21-14-10-6-2/h10,14,19,23,37-38,42H,5-9,11-13,15-18,20-22,24-36H2,1-4H3/b14-10+,23-19+. The van der Waals surface area contributed by atoms with Gasteiger partial charge in [0.2, 0.25) is 0 Å². The Morgan fingerprint density at radius 3 is 1.88 bits per heavy atom. The lowest BCUT2D eigenvalue weighted by Gasteiger charge is -2.16. The van der Waals surface area contributed by atoms with Crippen LogP contribution in [0.4, 0.5) is 4.79 Å². The second-order valence-electron chi connectivity index (χ2n) is 13.3. The van der Waals surface area contributed by atoms with Crippen LogP contribution in [0.25, 0.3) is 0 Å². The van der Waals surface area contributed by atoms with Crippen molar-refractivity contribution in [3.05, 3.63) is 24.3 Å². The molecule has 0 saturated carbocycles. The van der Waals surface area contributed by atoms with Gasteiger partial charge in [-0.15, -0.1) is 0 Å². The van der Waals surface area contributed by atoms with E-state index in [2.05, 4.69) is 57.3 Å². The number of hydrogen-bond donors (Lipinski definition) is 1. The van der Waals surface area contributed by atoms with Gasteiger partial charge in [0, 0.05) is 32.4 Å². The monoisotopic (exact) mass is 694 g/mol. The number of hydrogen-bond acceptors (Lipinski definition) is 8. The molecule has 0 amide bonds. The summed E-state index contributed by atoms with van der Waals surface area (Å²) in [6.07, 6.45) is 30.8. The predicted molar refractivity (Wildman–Crippen MR) is 202 cm³/mol. The van der Waals surface area contributed by atoms with E-state index in [4.69, 9.17) is 18.9 Å². The van der Waals surface area contributed by atoms with Gasteiger partial charge in [0.25, 0.3) is 0 Å². The summed E-state index contributed by atoms with van der Waals surface area (Å²) in [6.45, 7) is 10.8. The third kappa shape index (κ3) is 33.9. The Morgan fingerprint density at radius 2 is 1.18 bits per heavy atom. The van der Waals surface area contributed by atoms with Crippen LogP contribution in [-0.4, -0.2) is 57.1 Å². The van der Waals surface area contributed by atoms with Crippen molar-refractivity contribution in [1.82, 2.24) is 5.32 Å². The molecule has 0 bridgehead atoms. The summed E-state index contributed by atoms with van der Waals surface area (Å²) in [7, 11) is 0. The average molecular weight is 694 g/mol. The summed E-state index contributed by atoms with van der Waals surface area (Å²) in [6, 6.07) is 0. The maximum atomic E-state index is 12.3. The molecule has 0 aromatic heterocycles. The second kappa shape index (κ2) is 36.9. The lowest BCUT2D eigenvalue weighted by molar-refractivity contribution is -0.145. The molecule has 2 unspecified atom stereocenters. The van der Waals surface area contributed by atoms with E-state index in [9.17, 15) is 14.4 Å². The highest BCUT2D eigenvalue weighted by Crippen LogP contribution is 2.17. The topological polar surface area (TPSA) is 100 Å². The zero-order valence-electron chi connectivity index (χ0n) is 32.1. The molecular weight excluding hydrogens is 618 g/mol. The highest BCUT2D eigenvalue weighted by atomic mass is 16.7. The van der Waals surface area contributed by atoms with Crippen LogP contribution in [0.1, 0.15) is 175 Å². The Hall–Kier alpha value is -2.35. The highest BCUT2D eigenvalue weighted by Gasteiger charge is 2.15. The van der Waals surface area contributed by atoms with Gasteiger partial charge < -0.3 is 24.3 Å². The summed E-state index contributed by atoms with van der Waals surface area (Å²) >= 11 is 0. The minimum Gasteiger partial charge on any atom is -0.465 e. The zero-order valence-corrected chi connectivity index (χ0v) is 32.1. The molecule has 8 heteroatoms. The molecule has 1 N–H and O–H groups in total. The van der Waals surface area contributed by atoms with Gasteiger partial charge in [-0.3, -0.25) is 9.59 Å². The quantitative estimate of drug-likeness (QED) is 0.0303. The summed E-state index contributed by atoms with van der Waals surface area (Å²) in [5.41, 5.74) is 0. The molecule has 0 fully saturated rings. The maximum Gasteiger partial charge on any atom is 0.508 e.